The second kappa shape index (κ2) is 5.70. The van der Waals surface area contributed by atoms with Crippen LogP contribution in [0, 0.1) is 11.3 Å². The molecule has 0 radical (unpaired) electrons. The first-order chi connectivity index (χ1) is 8.08. The molecule has 1 rings (SSSR count). The molecule has 6 nitrogen and oxygen atoms in total. The van der Waals surface area contributed by atoms with Crippen molar-refractivity contribution in [2.45, 2.75) is 6.42 Å². The number of aromatic nitrogens is 1. The zero-order valence-corrected chi connectivity index (χ0v) is 9.90. The molecule has 0 fully saturated rings. The third-order valence-electron chi connectivity index (χ3n) is 2.34. The molecule has 0 spiro atoms. The minimum atomic E-state index is -0.0379. The quantitative estimate of drug-likeness (QED) is 0.769. The van der Waals surface area contributed by atoms with Crippen molar-refractivity contribution in [1.82, 2.24) is 10.3 Å². The van der Waals surface area contributed by atoms with Crippen LogP contribution >= 0.6 is 0 Å². The second-order valence-corrected chi connectivity index (χ2v) is 3.59. The van der Waals surface area contributed by atoms with E-state index < -0.39 is 0 Å². The number of amides is 1. The molecule has 90 valence electrons. The van der Waals surface area contributed by atoms with Crippen molar-refractivity contribution < 1.29 is 4.79 Å². The number of carbonyl (C=O) groups excluding carboxylic acids is 1. The molecular formula is C11H15N5O. The molecule has 0 aliphatic rings. The molecule has 0 bridgehead atoms. The number of hydrogen-bond acceptors (Lipinski definition) is 5. The Morgan fingerprint density at radius 1 is 1.71 bits per heavy atom. The van der Waals surface area contributed by atoms with Crippen molar-refractivity contribution in [1.29, 1.82) is 5.26 Å². The Balaban J connectivity index is 2.73. The Hall–Kier alpha value is -2.29. The maximum absolute atomic E-state index is 11.1. The van der Waals surface area contributed by atoms with Crippen molar-refractivity contribution in [3.63, 3.8) is 0 Å². The number of hydrogen-bond donors (Lipinski definition) is 2. The van der Waals surface area contributed by atoms with Gasteiger partial charge in [-0.25, -0.2) is 4.98 Å². The molecule has 1 aromatic rings. The second-order valence-electron chi connectivity index (χ2n) is 3.59. The van der Waals surface area contributed by atoms with Crippen LogP contribution < -0.4 is 16.0 Å². The summed E-state index contributed by atoms with van der Waals surface area (Å²) in [5, 5.41) is 11.2. The number of carbonyl (C=O) groups is 1. The first kappa shape index (κ1) is 12.8. The van der Waals surface area contributed by atoms with E-state index in [9.17, 15) is 4.79 Å². The number of nitrogen functional groups attached to an aromatic ring is 1. The number of nitriles is 1. The molecule has 0 aromatic carbocycles. The Morgan fingerprint density at radius 3 is 2.94 bits per heavy atom. The van der Waals surface area contributed by atoms with Crippen molar-refractivity contribution >= 4 is 17.4 Å². The van der Waals surface area contributed by atoms with Gasteiger partial charge in [0, 0.05) is 33.3 Å². The fourth-order valence-corrected chi connectivity index (χ4v) is 1.35. The summed E-state index contributed by atoms with van der Waals surface area (Å²) in [6.45, 7) is 0.517. The van der Waals surface area contributed by atoms with Gasteiger partial charge in [0.25, 0.3) is 0 Å². The lowest BCUT2D eigenvalue weighted by molar-refractivity contribution is -0.120. The van der Waals surface area contributed by atoms with Crippen LogP contribution in [-0.2, 0) is 4.79 Å². The first-order valence-electron chi connectivity index (χ1n) is 5.15. The highest BCUT2D eigenvalue weighted by Gasteiger charge is 2.09. The zero-order chi connectivity index (χ0) is 12.8. The predicted molar refractivity (Wildman–Crippen MR) is 65.3 cm³/mol. The number of nitrogens with two attached hydrogens (primary N) is 1. The lowest BCUT2D eigenvalue weighted by atomic mass is 10.2. The van der Waals surface area contributed by atoms with Gasteiger partial charge in [0.1, 0.15) is 6.07 Å². The number of anilines is 2. The van der Waals surface area contributed by atoms with Gasteiger partial charge in [-0.3, -0.25) is 4.79 Å². The molecule has 0 aliphatic heterocycles. The molecule has 0 saturated heterocycles. The van der Waals surface area contributed by atoms with E-state index in [1.165, 1.54) is 6.20 Å². The van der Waals surface area contributed by atoms with Gasteiger partial charge in [-0.05, 0) is 6.07 Å². The lowest BCUT2D eigenvalue weighted by Crippen LogP contribution is -2.27. The topological polar surface area (TPSA) is 95.0 Å². The minimum Gasteiger partial charge on any atom is -0.396 e. The van der Waals surface area contributed by atoms with E-state index in [-0.39, 0.29) is 5.91 Å². The molecule has 1 aromatic heterocycles. The summed E-state index contributed by atoms with van der Waals surface area (Å²) in [5.74, 6) is 0.539. The van der Waals surface area contributed by atoms with Gasteiger partial charge in [0.05, 0.1) is 11.3 Å². The normalized spacial score (nSPS) is 9.47. The first-order valence-corrected chi connectivity index (χ1v) is 5.15. The van der Waals surface area contributed by atoms with Gasteiger partial charge >= 0.3 is 0 Å². The maximum Gasteiger partial charge on any atom is 0.221 e. The van der Waals surface area contributed by atoms with E-state index in [1.54, 1.807) is 25.1 Å². The van der Waals surface area contributed by atoms with Gasteiger partial charge in [0.2, 0.25) is 5.91 Å². The highest BCUT2D eigenvalue weighted by atomic mass is 16.1. The molecular weight excluding hydrogens is 218 g/mol. The van der Waals surface area contributed by atoms with Crippen LogP contribution in [0.15, 0.2) is 12.3 Å². The van der Waals surface area contributed by atoms with Gasteiger partial charge in [-0.1, -0.05) is 0 Å². The molecule has 1 amide bonds. The monoisotopic (exact) mass is 233 g/mol. The summed E-state index contributed by atoms with van der Waals surface area (Å²) in [6.07, 6.45) is 1.83. The Labute approximate surface area is 100 Å². The van der Waals surface area contributed by atoms with Gasteiger partial charge in [0.15, 0.2) is 5.82 Å². The van der Waals surface area contributed by atoms with Crippen molar-refractivity contribution in [2.24, 2.45) is 0 Å². The van der Waals surface area contributed by atoms with Crippen LogP contribution in [0.25, 0.3) is 0 Å². The molecule has 3 N–H and O–H groups in total. The maximum atomic E-state index is 11.1. The summed E-state index contributed by atoms with van der Waals surface area (Å²) in [7, 11) is 3.39. The highest BCUT2D eigenvalue weighted by Crippen LogP contribution is 2.19. The summed E-state index contributed by atoms with van der Waals surface area (Å²) in [6, 6.07) is 3.54. The van der Waals surface area contributed by atoms with Crippen molar-refractivity contribution in [3.05, 3.63) is 17.8 Å². The van der Waals surface area contributed by atoms with E-state index in [0.29, 0.717) is 30.0 Å². The fraction of sp³-hybridized carbons (Fsp3) is 0.364. The van der Waals surface area contributed by atoms with E-state index in [1.807, 2.05) is 6.07 Å². The lowest BCUT2D eigenvalue weighted by Gasteiger charge is -2.19. The fourth-order valence-electron chi connectivity index (χ4n) is 1.35. The number of pyridine rings is 1. The van der Waals surface area contributed by atoms with Crippen LogP contribution in [0.2, 0.25) is 0 Å². The Morgan fingerprint density at radius 2 is 2.41 bits per heavy atom. The summed E-state index contributed by atoms with van der Waals surface area (Å²) < 4.78 is 0. The van der Waals surface area contributed by atoms with Gasteiger partial charge in [-0.15, -0.1) is 0 Å². The van der Waals surface area contributed by atoms with E-state index in [2.05, 4.69) is 10.3 Å². The molecule has 0 saturated carbocycles. The van der Waals surface area contributed by atoms with Gasteiger partial charge in [-0.2, -0.15) is 5.26 Å². The molecule has 1 heterocycles. The summed E-state index contributed by atoms with van der Waals surface area (Å²) >= 11 is 0. The van der Waals surface area contributed by atoms with E-state index >= 15 is 0 Å². The summed E-state index contributed by atoms with van der Waals surface area (Å²) in [4.78, 5) is 17.0. The number of nitrogens with zero attached hydrogens (tertiary/aromatic N) is 3. The number of rotatable bonds is 4. The molecule has 17 heavy (non-hydrogen) atoms. The predicted octanol–water partition coefficient (Wildman–Crippen LogP) is 0.108. The van der Waals surface area contributed by atoms with Crippen molar-refractivity contribution in [2.75, 3.05) is 31.3 Å². The van der Waals surface area contributed by atoms with E-state index in [4.69, 9.17) is 11.0 Å². The summed E-state index contributed by atoms with van der Waals surface area (Å²) in [5.41, 5.74) is 6.64. The van der Waals surface area contributed by atoms with Crippen LogP contribution in [0.1, 0.15) is 12.0 Å². The average molecular weight is 233 g/mol. The largest absolute Gasteiger partial charge is 0.396 e. The minimum absolute atomic E-state index is 0.0379. The number of nitrogens with one attached hydrogen (secondary N) is 1. The molecule has 0 atom stereocenters. The Kier molecular flexibility index (Phi) is 4.29. The zero-order valence-electron chi connectivity index (χ0n) is 9.90. The van der Waals surface area contributed by atoms with Crippen LogP contribution in [0.4, 0.5) is 11.5 Å². The SMILES string of the molecule is CNC(=O)CCN(C)c1ncc(C#N)cc1N. The van der Waals surface area contributed by atoms with Crippen molar-refractivity contribution in [3.8, 4) is 6.07 Å². The Bertz CT molecular complexity index is 452. The third-order valence-corrected chi connectivity index (χ3v) is 2.34. The van der Waals surface area contributed by atoms with Crippen LogP contribution in [0.3, 0.4) is 0 Å². The highest BCUT2D eigenvalue weighted by molar-refractivity contribution is 5.76. The van der Waals surface area contributed by atoms with Crippen LogP contribution in [0.5, 0.6) is 0 Å². The standard InChI is InChI=1S/C11H15N5O/c1-14-10(17)3-4-16(2)11-9(13)5-8(6-12)7-15-11/h5,7H,3-4,13H2,1-2H3,(H,14,17). The smallest absolute Gasteiger partial charge is 0.221 e. The molecule has 6 heteroatoms. The van der Waals surface area contributed by atoms with E-state index in [0.717, 1.165) is 0 Å². The van der Waals surface area contributed by atoms with Crippen LogP contribution in [-0.4, -0.2) is 31.5 Å². The molecule has 0 aliphatic carbocycles. The molecule has 0 unspecified atom stereocenters. The average Bonchev–Trinajstić information content (AvgIpc) is 2.35. The third kappa shape index (κ3) is 3.34. The van der Waals surface area contributed by atoms with Gasteiger partial charge < -0.3 is 16.0 Å².